The molecule has 2 N–H and O–H groups in total. The number of nitrogens with one attached hydrogen (secondary N) is 1. The number of carboxylic acid groups (broad SMARTS) is 1. The van der Waals surface area contributed by atoms with Gasteiger partial charge in [0, 0.05) is 13.1 Å². The van der Waals surface area contributed by atoms with Gasteiger partial charge in [-0.25, -0.2) is 18.2 Å². The zero-order valence-corrected chi connectivity index (χ0v) is 12.1. The molecule has 0 aliphatic carbocycles. The van der Waals surface area contributed by atoms with Crippen LogP contribution in [0.3, 0.4) is 0 Å². The minimum Gasteiger partial charge on any atom is -0.478 e. The lowest BCUT2D eigenvalue weighted by Crippen LogP contribution is -2.45. The monoisotopic (exact) mass is 298 g/mol. The van der Waals surface area contributed by atoms with Crippen molar-refractivity contribution in [3.8, 4) is 0 Å². The number of aromatic carboxylic acids is 1. The fraction of sp³-hybridized carbons (Fsp3) is 0.462. The highest BCUT2D eigenvalue weighted by Gasteiger charge is 2.23. The van der Waals surface area contributed by atoms with E-state index >= 15 is 0 Å². The summed E-state index contributed by atoms with van der Waals surface area (Å²) in [7, 11) is -3.73. The number of sulfonamides is 1. The van der Waals surface area contributed by atoms with Gasteiger partial charge in [-0.2, -0.15) is 0 Å². The number of carbonyl (C=O) groups is 1. The summed E-state index contributed by atoms with van der Waals surface area (Å²) in [6, 6.07) is 4.27. The van der Waals surface area contributed by atoms with Gasteiger partial charge in [0.05, 0.1) is 10.5 Å². The molecule has 0 saturated carbocycles. The molecule has 1 saturated heterocycles. The van der Waals surface area contributed by atoms with Crippen LogP contribution in [0.25, 0.3) is 0 Å². The van der Waals surface area contributed by atoms with Crippen molar-refractivity contribution in [3.05, 3.63) is 29.3 Å². The molecule has 6 nitrogen and oxygen atoms in total. The third-order valence-corrected chi connectivity index (χ3v) is 4.93. The summed E-state index contributed by atoms with van der Waals surface area (Å²) in [4.78, 5) is 13.6. The third kappa shape index (κ3) is 3.17. The van der Waals surface area contributed by atoms with Gasteiger partial charge in [0.1, 0.15) is 0 Å². The van der Waals surface area contributed by atoms with E-state index in [2.05, 4.69) is 4.83 Å². The largest absolute Gasteiger partial charge is 0.478 e. The number of hydrogen-bond acceptors (Lipinski definition) is 4. The Hall–Kier alpha value is -1.44. The van der Waals surface area contributed by atoms with Gasteiger partial charge in [0.25, 0.3) is 10.0 Å². The Kier molecular flexibility index (Phi) is 4.42. The van der Waals surface area contributed by atoms with E-state index in [9.17, 15) is 13.2 Å². The number of hydrogen-bond donors (Lipinski definition) is 2. The number of rotatable bonds is 4. The molecule has 1 aliphatic rings. The van der Waals surface area contributed by atoms with E-state index in [1.807, 2.05) is 0 Å². The van der Waals surface area contributed by atoms with Gasteiger partial charge < -0.3 is 5.11 Å². The van der Waals surface area contributed by atoms with E-state index in [1.165, 1.54) is 25.1 Å². The van der Waals surface area contributed by atoms with E-state index < -0.39 is 16.0 Å². The van der Waals surface area contributed by atoms with Crippen LogP contribution in [-0.2, 0) is 10.0 Å². The van der Waals surface area contributed by atoms with Gasteiger partial charge in [-0.15, -0.1) is 4.83 Å². The van der Waals surface area contributed by atoms with E-state index in [1.54, 1.807) is 5.01 Å². The topological polar surface area (TPSA) is 86.7 Å². The standard InChI is InChI=1S/C13H18N2O4S/c1-10-11(13(16)17)6-5-7-12(10)20(18,19)14-15-8-3-2-4-9-15/h5-7,14H,2-4,8-9H2,1H3,(H,16,17). The number of piperidine rings is 1. The van der Waals surface area contributed by atoms with Crippen LogP contribution in [0.5, 0.6) is 0 Å². The molecule has 0 radical (unpaired) electrons. The first-order valence-electron chi connectivity index (χ1n) is 6.52. The van der Waals surface area contributed by atoms with Gasteiger partial charge in [0.2, 0.25) is 0 Å². The molecule has 2 rings (SSSR count). The molecule has 1 heterocycles. The number of benzene rings is 1. The fourth-order valence-corrected chi connectivity index (χ4v) is 3.73. The number of nitrogens with zero attached hydrogens (tertiary/aromatic N) is 1. The molecule has 7 heteroatoms. The zero-order valence-electron chi connectivity index (χ0n) is 11.3. The van der Waals surface area contributed by atoms with Crippen molar-refractivity contribution < 1.29 is 18.3 Å². The molecule has 20 heavy (non-hydrogen) atoms. The van der Waals surface area contributed by atoms with Crippen molar-refractivity contribution in [3.63, 3.8) is 0 Å². The fourth-order valence-electron chi connectivity index (χ4n) is 2.34. The SMILES string of the molecule is Cc1c(C(=O)O)cccc1S(=O)(=O)NN1CCCCC1. The van der Waals surface area contributed by atoms with Gasteiger partial charge in [-0.1, -0.05) is 12.5 Å². The van der Waals surface area contributed by atoms with Crippen LogP contribution >= 0.6 is 0 Å². The second kappa shape index (κ2) is 5.90. The van der Waals surface area contributed by atoms with Crippen LogP contribution in [0.2, 0.25) is 0 Å². The molecular formula is C13H18N2O4S. The third-order valence-electron chi connectivity index (χ3n) is 3.41. The molecule has 0 spiro atoms. The Morgan fingerprint density at radius 3 is 2.50 bits per heavy atom. The lowest BCUT2D eigenvalue weighted by Gasteiger charge is -2.27. The summed E-state index contributed by atoms with van der Waals surface area (Å²) in [5.74, 6) is -1.13. The molecule has 0 atom stereocenters. The molecule has 0 unspecified atom stereocenters. The van der Waals surface area contributed by atoms with E-state index in [-0.39, 0.29) is 16.0 Å². The summed E-state index contributed by atoms with van der Waals surface area (Å²) < 4.78 is 24.7. The first kappa shape index (κ1) is 15.0. The average Bonchev–Trinajstić information content (AvgIpc) is 2.39. The predicted octanol–water partition coefficient (Wildman–Crippen LogP) is 1.37. The normalized spacial score (nSPS) is 17.1. The minimum atomic E-state index is -3.73. The Labute approximate surface area is 118 Å². The summed E-state index contributed by atoms with van der Waals surface area (Å²) in [6.45, 7) is 2.86. The van der Waals surface area contributed by atoms with Gasteiger partial charge in [-0.3, -0.25) is 0 Å². The molecule has 1 aromatic rings. The number of hydrazine groups is 1. The minimum absolute atomic E-state index is 0.00604. The summed E-state index contributed by atoms with van der Waals surface area (Å²) >= 11 is 0. The van der Waals surface area contributed by atoms with Gasteiger partial charge >= 0.3 is 5.97 Å². The zero-order chi connectivity index (χ0) is 14.8. The van der Waals surface area contributed by atoms with Crippen molar-refractivity contribution in [2.75, 3.05) is 13.1 Å². The first-order chi connectivity index (χ1) is 9.42. The maximum Gasteiger partial charge on any atom is 0.335 e. The highest BCUT2D eigenvalue weighted by molar-refractivity contribution is 7.89. The van der Waals surface area contributed by atoms with Crippen molar-refractivity contribution >= 4 is 16.0 Å². The average molecular weight is 298 g/mol. The van der Waals surface area contributed by atoms with Crippen molar-refractivity contribution in [1.82, 2.24) is 9.84 Å². The lowest BCUT2D eigenvalue weighted by molar-refractivity contribution is 0.0696. The Balaban J connectivity index is 2.29. The van der Waals surface area contributed by atoms with Crippen molar-refractivity contribution in [1.29, 1.82) is 0 Å². The Morgan fingerprint density at radius 2 is 1.90 bits per heavy atom. The molecule has 1 fully saturated rings. The van der Waals surface area contributed by atoms with Crippen LogP contribution in [0.1, 0.15) is 35.2 Å². The second-order valence-corrected chi connectivity index (χ2v) is 6.51. The van der Waals surface area contributed by atoms with Crippen LogP contribution in [0, 0.1) is 6.92 Å². The van der Waals surface area contributed by atoms with Crippen molar-refractivity contribution in [2.45, 2.75) is 31.1 Å². The van der Waals surface area contributed by atoms with E-state index in [0.717, 1.165) is 19.3 Å². The maximum atomic E-state index is 12.4. The lowest BCUT2D eigenvalue weighted by atomic mass is 10.1. The Morgan fingerprint density at radius 1 is 1.25 bits per heavy atom. The maximum absolute atomic E-state index is 12.4. The highest BCUT2D eigenvalue weighted by atomic mass is 32.2. The Bertz CT molecular complexity index is 607. The molecule has 0 bridgehead atoms. The van der Waals surface area contributed by atoms with Crippen LogP contribution in [0.4, 0.5) is 0 Å². The predicted molar refractivity (Wildman–Crippen MR) is 73.9 cm³/mol. The van der Waals surface area contributed by atoms with Crippen molar-refractivity contribution in [2.24, 2.45) is 0 Å². The van der Waals surface area contributed by atoms with Crippen LogP contribution in [0.15, 0.2) is 23.1 Å². The van der Waals surface area contributed by atoms with E-state index in [4.69, 9.17) is 5.11 Å². The molecule has 1 aliphatic heterocycles. The highest BCUT2D eigenvalue weighted by Crippen LogP contribution is 2.19. The summed E-state index contributed by atoms with van der Waals surface area (Å²) in [6.07, 6.45) is 3.01. The molecular weight excluding hydrogens is 280 g/mol. The molecule has 1 aromatic carbocycles. The first-order valence-corrected chi connectivity index (χ1v) is 8.00. The van der Waals surface area contributed by atoms with Crippen LogP contribution in [-0.4, -0.2) is 37.6 Å². The smallest absolute Gasteiger partial charge is 0.335 e. The molecule has 0 aromatic heterocycles. The number of carboxylic acids is 1. The summed E-state index contributed by atoms with van der Waals surface area (Å²) in [5, 5.41) is 10.7. The summed E-state index contributed by atoms with van der Waals surface area (Å²) in [5.41, 5.74) is 0.260. The van der Waals surface area contributed by atoms with Gasteiger partial charge in [0.15, 0.2) is 0 Å². The molecule has 0 amide bonds. The molecule has 110 valence electrons. The van der Waals surface area contributed by atoms with Gasteiger partial charge in [-0.05, 0) is 37.5 Å². The van der Waals surface area contributed by atoms with E-state index in [0.29, 0.717) is 13.1 Å². The quantitative estimate of drug-likeness (QED) is 0.876. The second-order valence-electron chi connectivity index (χ2n) is 4.88. The van der Waals surface area contributed by atoms with Crippen LogP contribution < -0.4 is 4.83 Å².